The Morgan fingerprint density at radius 2 is 2.05 bits per heavy atom. The van der Waals surface area contributed by atoms with Crippen molar-refractivity contribution in [3.8, 4) is 0 Å². The second-order valence-electron chi connectivity index (χ2n) is 8.71. The summed E-state index contributed by atoms with van der Waals surface area (Å²) in [6.45, 7) is 8.42. The molecule has 2 unspecified atom stereocenters. The number of aliphatic imine (C=N–C) groups is 1. The number of carboxylic acid groups (broad SMARTS) is 1. The number of hydrogen-bond acceptors (Lipinski definition) is 7. The van der Waals surface area contributed by atoms with Gasteiger partial charge >= 0.3 is 11.9 Å². The topological polar surface area (TPSA) is 105 Å². The van der Waals surface area contributed by atoms with Gasteiger partial charge in [-0.1, -0.05) is 43.8 Å². The van der Waals surface area contributed by atoms with E-state index >= 15 is 0 Å². The number of aliphatic carboxylic acids is 1. The minimum absolute atomic E-state index is 0.103. The first-order valence-electron chi connectivity index (χ1n) is 12.1. The highest BCUT2D eigenvalue weighted by atomic mass is 35.5. The zero-order chi connectivity index (χ0) is 27.7. The molecule has 2 aromatic carbocycles. The SMILES string of the molecule is C=c1cc(C)c([CH+]/C=C2\CSC(C(NCc3ccccc3)C(=O)OCCC)N=C2C(=O)O)c/c1=C/C(=O)Cl. The van der Waals surface area contributed by atoms with Gasteiger partial charge in [0.25, 0.3) is 0 Å². The molecule has 9 heteroatoms. The quantitative estimate of drug-likeness (QED) is 0.250. The predicted molar refractivity (Wildman–Crippen MR) is 152 cm³/mol. The van der Waals surface area contributed by atoms with Crippen LogP contribution in [-0.2, 0) is 25.7 Å². The van der Waals surface area contributed by atoms with Crippen molar-refractivity contribution in [1.82, 2.24) is 5.32 Å². The Balaban J connectivity index is 1.87. The highest BCUT2D eigenvalue weighted by molar-refractivity contribution is 8.00. The van der Waals surface area contributed by atoms with Crippen LogP contribution in [0.3, 0.4) is 0 Å². The van der Waals surface area contributed by atoms with Gasteiger partial charge in [0.15, 0.2) is 5.71 Å². The zero-order valence-corrected chi connectivity index (χ0v) is 22.8. The van der Waals surface area contributed by atoms with E-state index < -0.39 is 28.6 Å². The van der Waals surface area contributed by atoms with Crippen LogP contribution in [0.2, 0.25) is 0 Å². The Kier molecular flexibility index (Phi) is 10.8. The summed E-state index contributed by atoms with van der Waals surface area (Å²) in [6, 6.07) is 12.4. The van der Waals surface area contributed by atoms with Crippen LogP contribution in [0.5, 0.6) is 0 Å². The standard InChI is InChI=1S/C29H29ClN2O5S/c1-4-12-37-29(36)26(31-16-20-8-6-5-7-9-20)27-32-25(28(34)35)22(17-38-27)11-10-21-14-23(15-24(30)33)19(3)13-18(21)2/h5-11,13-15,26-27,31H,3-4,12,16-17H2,1-2H3/p+1/b22-11+,23-15-. The largest absolute Gasteiger partial charge is 0.476 e. The fourth-order valence-corrected chi connectivity index (χ4v) is 5.11. The lowest BCUT2D eigenvalue weighted by molar-refractivity contribution is -0.146. The van der Waals surface area contributed by atoms with Crippen molar-refractivity contribution in [3.63, 3.8) is 0 Å². The maximum Gasteiger partial charge on any atom is 0.364 e. The fourth-order valence-electron chi connectivity index (χ4n) is 3.83. The molecule has 7 nitrogen and oxygen atoms in total. The van der Waals surface area contributed by atoms with Crippen LogP contribution in [-0.4, -0.2) is 51.8 Å². The van der Waals surface area contributed by atoms with E-state index in [1.807, 2.05) is 50.2 Å². The molecule has 1 aliphatic heterocycles. The highest BCUT2D eigenvalue weighted by Gasteiger charge is 2.36. The maximum absolute atomic E-state index is 12.9. The molecule has 0 aliphatic carbocycles. The van der Waals surface area contributed by atoms with Gasteiger partial charge < -0.3 is 9.84 Å². The lowest BCUT2D eigenvalue weighted by Crippen LogP contribution is -2.46. The summed E-state index contributed by atoms with van der Waals surface area (Å²) < 4.78 is 5.39. The second kappa shape index (κ2) is 14.0. The Hall–Kier alpha value is -3.33. The molecule has 2 N–H and O–H groups in total. The van der Waals surface area contributed by atoms with Crippen molar-refractivity contribution >= 4 is 58.9 Å². The predicted octanol–water partition coefficient (Wildman–Crippen LogP) is 3.14. The number of hydrogen-bond donors (Lipinski definition) is 2. The van der Waals surface area contributed by atoms with E-state index in [1.165, 1.54) is 17.8 Å². The van der Waals surface area contributed by atoms with Gasteiger partial charge in [0, 0.05) is 42.0 Å². The number of nitrogens with zero attached hydrogens (tertiary/aromatic N) is 1. The van der Waals surface area contributed by atoms with Crippen molar-refractivity contribution in [1.29, 1.82) is 0 Å². The summed E-state index contributed by atoms with van der Waals surface area (Å²) in [4.78, 5) is 40.8. The zero-order valence-electron chi connectivity index (χ0n) is 21.3. The van der Waals surface area contributed by atoms with Crippen molar-refractivity contribution < 1.29 is 24.2 Å². The number of rotatable bonds is 11. The molecular weight excluding hydrogens is 524 g/mol. The number of thioether (sulfide) groups is 1. The highest BCUT2D eigenvalue weighted by Crippen LogP contribution is 2.28. The summed E-state index contributed by atoms with van der Waals surface area (Å²) in [5, 5.41) is 13.1. The van der Waals surface area contributed by atoms with Crippen LogP contribution in [0.25, 0.3) is 12.7 Å². The van der Waals surface area contributed by atoms with Crippen LogP contribution in [0.4, 0.5) is 0 Å². The molecule has 0 amide bonds. The van der Waals surface area contributed by atoms with E-state index in [2.05, 4.69) is 16.9 Å². The summed E-state index contributed by atoms with van der Waals surface area (Å²) in [5.74, 6) is -1.30. The molecule has 1 aliphatic rings. The van der Waals surface area contributed by atoms with E-state index in [-0.39, 0.29) is 12.3 Å². The van der Waals surface area contributed by atoms with E-state index in [1.54, 1.807) is 18.6 Å². The van der Waals surface area contributed by atoms with Crippen LogP contribution in [0.15, 0.2) is 59.1 Å². The fraction of sp³-hybridized carbons (Fsp3) is 0.276. The molecule has 0 radical (unpaired) electrons. The third kappa shape index (κ3) is 8.08. The van der Waals surface area contributed by atoms with Gasteiger partial charge in [0.1, 0.15) is 11.4 Å². The van der Waals surface area contributed by atoms with Crippen molar-refractivity contribution in [2.75, 3.05) is 12.4 Å². The average molecular weight is 554 g/mol. The van der Waals surface area contributed by atoms with E-state index in [4.69, 9.17) is 16.3 Å². The third-order valence-corrected chi connectivity index (χ3v) is 7.10. The number of carbonyl (C=O) groups is 3. The number of allylic oxidation sites excluding steroid dienone is 1. The number of benzene rings is 2. The molecule has 0 saturated carbocycles. The number of halogens is 1. The number of aryl methyl sites for hydroxylation is 1. The van der Waals surface area contributed by atoms with Gasteiger partial charge in [0.05, 0.1) is 23.5 Å². The molecule has 1 heterocycles. The second-order valence-corrected chi connectivity index (χ2v) is 10.2. The molecule has 38 heavy (non-hydrogen) atoms. The number of nitrogens with one attached hydrogen (secondary N) is 1. The molecule has 0 aromatic heterocycles. The Labute approximate surface area is 231 Å². The average Bonchev–Trinajstić information content (AvgIpc) is 2.89. The van der Waals surface area contributed by atoms with E-state index in [0.29, 0.717) is 34.7 Å². The molecule has 2 atom stereocenters. The molecule has 198 valence electrons. The van der Waals surface area contributed by atoms with Gasteiger partial charge in [-0.05, 0) is 41.8 Å². The van der Waals surface area contributed by atoms with Crippen LogP contribution < -0.4 is 15.8 Å². The van der Waals surface area contributed by atoms with Crippen LogP contribution >= 0.6 is 23.4 Å². The minimum Gasteiger partial charge on any atom is -0.476 e. The Morgan fingerprint density at radius 3 is 2.71 bits per heavy atom. The smallest absolute Gasteiger partial charge is 0.364 e. The van der Waals surface area contributed by atoms with Gasteiger partial charge in [-0.15, -0.1) is 11.8 Å². The van der Waals surface area contributed by atoms with E-state index in [9.17, 15) is 19.5 Å². The molecule has 0 bridgehead atoms. The van der Waals surface area contributed by atoms with Gasteiger partial charge in [0.2, 0.25) is 5.24 Å². The van der Waals surface area contributed by atoms with Crippen LogP contribution in [0.1, 0.15) is 30.0 Å². The van der Waals surface area contributed by atoms with Crippen molar-refractivity contribution in [3.05, 3.63) is 87.7 Å². The first-order chi connectivity index (χ1) is 18.2. The summed E-state index contributed by atoms with van der Waals surface area (Å²) in [6.07, 6.45) is 5.45. The first-order valence-corrected chi connectivity index (χ1v) is 13.5. The number of carbonyl (C=O) groups excluding carboxylic acids is 2. The Morgan fingerprint density at radius 1 is 1.32 bits per heavy atom. The van der Waals surface area contributed by atoms with Gasteiger partial charge in [-0.2, -0.15) is 0 Å². The lowest BCUT2D eigenvalue weighted by atomic mass is 10.0. The monoisotopic (exact) mass is 553 g/mol. The number of carboxylic acids is 1. The molecular formula is C29H30ClN2O5S+. The third-order valence-electron chi connectivity index (χ3n) is 5.79. The molecule has 0 spiro atoms. The van der Waals surface area contributed by atoms with Crippen LogP contribution in [0, 0.1) is 13.3 Å². The van der Waals surface area contributed by atoms with Crippen molar-refractivity contribution in [2.24, 2.45) is 4.99 Å². The van der Waals surface area contributed by atoms with Gasteiger partial charge in [-0.25, -0.2) is 4.79 Å². The maximum atomic E-state index is 12.9. The molecule has 0 fully saturated rings. The van der Waals surface area contributed by atoms with E-state index in [0.717, 1.165) is 16.7 Å². The summed E-state index contributed by atoms with van der Waals surface area (Å²) in [7, 11) is 0. The number of esters is 1. The first kappa shape index (κ1) is 29.2. The molecule has 3 rings (SSSR count). The minimum atomic E-state index is -1.18. The summed E-state index contributed by atoms with van der Waals surface area (Å²) >= 11 is 6.88. The van der Waals surface area contributed by atoms with Gasteiger partial charge in [-0.3, -0.25) is 19.9 Å². The molecule has 2 aromatic rings. The summed E-state index contributed by atoms with van der Waals surface area (Å²) in [5.41, 5.74) is 3.09. The normalized spacial score (nSPS) is 17.6. The lowest BCUT2D eigenvalue weighted by Gasteiger charge is -2.26. The number of ether oxygens (including phenoxy) is 1. The Bertz CT molecular complexity index is 1360. The van der Waals surface area contributed by atoms with Crippen molar-refractivity contribution in [2.45, 2.75) is 38.2 Å². The molecule has 0 saturated heterocycles.